The number of carboxylic acid groups (broad SMARTS) is 1. The number of carbonyl (C=O) groups is 2. The van der Waals surface area contributed by atoms with E-state index in [-0.39, 0.29) is 20.6 Å². The minimum Gasteiger partial charge on any atom is -0.480 e. The van der Waals surface area contributed by atoms with E-state index in [1.165, 1.54) is 24.3 Å². The molecule has 3 N–H and O–H groups in total. The number of anilines is 1. The molecule has 0 spiro atoms. The molecule has 11 heteroatoms. The quantitative estimate of drug-likeness (QED) is 0.378. The van der Waals surface area contributed by atoms with Crippen molar-refractivity contribution >= 4 is 61.7 Å². The molecular formula is C23H17Cl2N3O5S. The Morgan fingerprint density at radius 2 is 1.68 bits per heavy atom. The molecule has 4 rings (SSSR count). The van der Waals surface area contributed by atoms with Crippen LogP contribution in [0.15, 0.2) is 77.8 Å². The SMILES string of the molecule is NC(=O)c1cccc(-n2ccc3cc(N(CC(=O)O)S(=O)(=O)c4cc(Cl)cc(Cl)c4)ccc32)c1. The highest BCUT2D eigenvalue weighted by Crippen LogP contribution is 2.31. The topological polar surface area (TPSA) is 123 Å². The fraction of sp³-hybridized carbons (Fsp3) is 0.0435. The lowest BCUT2D eigenvalue weighted by atomic mass is 10.2. The van der Waals surface area contributed by atoms with Crippen molar-refractivity contribution in [3.05, 3.63) is 88.5 Å². The Hall–Kier alpha value is -3.53. The number of nitrogens with zero attached hydrogens (tertiary/aromatic N) is 2. The third-order valence-corrected chi connectivity index (χ3v) is 7.26. The van der Waals surface area contributed by atoms with Crippen LogP contribution in [0.25, 0.3) is 16.6 Å². The van der Waals surface area contributed by atoms with Crippen LogP contribution in [0.4, 0.5) is 5.69 Å². The Labute approximate surface area is 204 Å². The molecule has 174 valence electrons. The predicted octanol–water partition coefficient (Wildman–Crippen LogP) is 4.32. The second-order valence-corrected chi connectivity index (χ2v) is 10.1. The first kappa shape index (κ1) is 23.6. The van der Waals surface area contributed by atoms with Crippen LogP contribution in [-0.2, 0) is 14.8 Å². The molecule has 0 radical (unpaired) electrons. The van der Waals surface area contributed by atoms with E-state index in [1.54, 1.807) is 53.2 Å². The van der Waals surface area contributed by atoms with Crippen LogP contribution in [0, 0.1) is 0 Å². The molecular weight excluding hydrogens is 501 g/mol. The van der Waals surface area contributed by atoms with E-state index in [0.717, 1.165) is 4.31 Å². The Balaban J connectivity index is 1.81. The number of aliphatic carboxylic acids is 1. The number of aromatic nitrogens is 1. The van der Waals surface area contributed by atoms with E-state index in [1.807, 2.05) is 0 Å². The smallest absolute Gasteiger partial charge is 0.324 e. The van der Waals surface area contributed by atoms with Gasteiger partial charge in [-0.1, -0.05) is 29.3 Å². The molecule has 0 bridgehead atoms. The highest BCUT2D eigenvalue weighted by atomic mass is 35.5. The summed E-state index contributed by atoms with van der Waals surface area (Å²) < 4.78 is 29.2. The average Bonchev–Trinajstić information content (AvgIpc) is 3.20. The molecule has 0 aliphatic carbocycles. The summed E-state index contributed by atoms with van der Waals surface area (Å²) in [7, 11) is -4.30. The van der Waals surface area contributed by atoms with Crippen molar-refractivity contribution in [1.82, 2.24) is 4.57 Å². The van der Waals surface area contributed by atoms with E-state index in [0.29, 0.717) is 22.2 Å². The van der Waals surface area contributed by atoms with Crippen molar-refractivity contribution in [1.29, 1.82) is 0 Å². The number of benzene rings is 3. The largest absolute Gasteiger partial charge is 0.480 e. The fourth-order valence-electron chi connectivity index (χ4n) is 3.56. The van der Waals surface area contributed by atoms with E-state index < -0.39 is 28.4 Å². The zero-order valence-corrected chi connectivity index (χ0v) is 19.7. The van der Waals surface area contributed by atoms with Gasteiger partial charge in [-0.3, -0.25) is 13.9 Å². The second-order valence-electron chi connectivity index (χ2n) is 7.35. The van der Waals surface area contributed by atoms with Gasteiger partial charge in [0.1, 0.15) is 6.54 Å². The molecule has 1 heterocycles. The highest BCUT2D eigenvalue weighted by Gasteiger charge is 2.28. The van der Waals surface area contributed by atoms with Crippen LogP contribution in [0.3, 0.4) is 0 Å². The Kier molecular flexibility index (Phi) is 6.26. The average molecular weight is 518 g/mol. The van der Waals surface area contributed by atoms with Gasteiger partial charge in [0.25, 0.3) is 10.0 Å². The van der Waals surface area contributed by atoms with Crippen molar-refractivity contribution < 1.29 is 23.1 Å². The van der Waals surface area contributed by atoms with E-state index in [4.69, 9.17) is 28.9 Å². The standard InChI is InChI=1S/C23H17Cl2N3O5S/c24-16-10-17(25)12-20(11-16)34(32,33)28(13-22(29)30)19-4-5-21-14(8-19)6-7-27(21)18-3-1-2-15(9-18)23(26)31/h1-12H,13H2,(H2,26,31)(H,29,30). The predicted molar refractivity (Wildman–Crippen MR) is 130 cm³/mol. The number of primary amides is 1. The highest BCUT2D eigenvalue weighted by molar-refractivity contribution is 7.92. The van der Waals surface area contributed by atoms with Gasteiger partial charge in [0.15, 0.2) is 0 Å². The number of amides is 1. The molecule has 0 atom stereocenters. The lowest BCUT2D eigenvalue weighted by Crippen LogP contribution is -2.35. The van der Waals surface area contributed by atoms with Gasteiger partial charge in [0.2, 0.25) is 5.91 Å². The number of carboxylic acids is 1. The number of hydrogen-bond donors (Lipinski definition) is 2. The monoisotopic (exact) mass is 517 g/mol. The second kappa shape index (κ2) is 9.02. The van der Waals surface area contributed by atoms with Crippen LogP contribution in [0.5, 0.6) is 0 Å². The molecule has 3 aromatic carbocycles. The van der Waals surface area contributed by atoms with Gasteiger partial charge in [0.05, 0.1) is 16.1 Å². The first-order valence-corrected chi connectivity index (χ1v) is 12.0. The maximum Gasteiger partial charge on any atom is 0.324 e. The number of rotatable bonds is 7. The van der Waals surface area contributed by atoms with Gasteiger partial charge in [-0.15, -0.1) is 0 Å². The van der Waals surface area contributed by atoms with Crippen LogP contribution < -0.4 is 10.0 Å². The maximum absolute atomic E-state index is 13.3. The normalized spacial score (nSPS) is 11.5. The van der Waals surface area contributed by atoms with E-state index >= 15 is 0 Å². The number of nitrogens with two attached hydrogens (primary N) is 1. The molecule has 0 saturated heterocycles. The lowest BCUT2D eigenvalue weighted by Gasteiger charge is -2.23. The van der Waals surface area contributed by atoms with E-state index in [9.17, 15) is 23.1 Å². The van der Waals surface area contributed by atoms with Crippen molar-refractivity contribution in [2.75, 3.05) is 10.8 Å². The molecule has 0 aliphatic heterocycles. The third kappa shape index (κ3) is 4.58. The molecule has 0 aliphatic rings. The zero-order valence-electron chi connectivity index (χ0n) is 17.4. The number of hydrogen-bond acceptors (Lipinski definition) is 4. The molecule has 34 heavy (non-hydrogen) atoms. The summed E-state index contributed by atoms with van der Waals surface area (Å²) in [5, 5.41) is 10.3. The van der Waals surface area contributed by atoms with Crippen LogP contribution in [-0.4, -0.2) is 36.5 Å². The number of fused-ring (bicyclic) bond motifs is 1. The fourth-order valence-corrected chi connectivity index (χ4v) is 5.70. The molecule has 4 aromatic rings. The molecule has 1 aromatic heterocycles. The molecule has 8 nitrogen and oxygen atoms in total. The number of sulfonamides is 1. The van der Waals surface area contributed by atoms with Gasteiger partial charge in [-0.05, 0) is 60.7 Å². The van der Waals surface area contributed by atoms with Crippen LogP contribution >= 0.6 is 23.2 Å². The summed E-state index contributed by atoms with van der Waals surface area (Å²) >= 11 is 11.9. The Morgan fingerprint density at radius 3 is 2.32 bits per heavy atom. The van der Waals surface area contributed by atoms with Gasteiger partial charge >= 0.3 is 5.97 Å². The Morgan fingerprint density at radius 1 is 0.971 bits per heavy atom. The van der Waals surface area contributed by atoms with Crippen molar-refractivity contribution in [3.63, 3.8) is 0 Å². The van der Waals surface area contributed by atoms with E-state index in [2.05, 4.69) is 0 Å². The van der Waals surface area contributed by atoms with Crippen molar-refractivity contribution in [2.24, 2.45) is 5.73 Å². The third-order valence-electron chi connectivity index (χ3n) is 5.07. The summed E-state index contributed by atoms with van der Waals surface area (Å²) in [6.07, 6.45) is 1.75. The molecule has 0 saturated carbocycles. The summed E-state index contributed by atoms with van der Waals surface area (Å²) in [5.74, 6) is -1.89. The first-order valence-electron chi connectivity index (χ1n) is 9.78. The minimum absolute atomic E-state index is 0.104. The van der Waals surface area contributed by atoms with Gasteiger partial charge in [-0.25, -0.2) is 8.42 Å². The number of halogens is 2. The number of carbonyl (C=O) groups excluding carboxylic acids is 1. The Bertz CT molecular complexity index is 1530. The zero-order chi connectivity index (χ0) is 24.6. The summed E-state index contributed by atoms with van der Waals surface area (Å²) in [5.41, 5.74) is 7.26. The van der Waals surface area contributed by atoms with Crippen LogP contribution in [0.1, 0.15) is 10.4 Å². The summed E-state index contributed by atoms with van der Waals surface area (Å²) in [6.45, 7) is -0.806. The van der Waals surface area contributed by atoms with Crippen molar-refractivity contribution in [3.8, 4) is 5.69 Å². The molecule has 0 fully saturated rings. The lowest BCUT2D eigenvalue weighted by molar-refractivity contribution is -0.135. The van der Waals surface area contributed by atoms with Crippen LogP contribution in [0.2, 0.25) is 10.0 Å². The van der Waals surface area contributed by atoms with Gasteiger partial charge in [-0.2, -0.15) is 0 Å². The maximum atomic E-state index is 13.3. The van der Waals surface area contributed by atoms with Crippen molar-refractivity contribution in [2.45, 2.75) is 4.90 Å². The first-order chi connectivity index (χ1) is 16.1. The summed E-state index contributed by atoms with van der Waals surface area (Å²) in [4.78, 5) is 22.8. The van der Waals surface area contributed by atoms with Gasteiger partial charge < -0.3 is 15.4 Å². The molecule has 1 amide bonds. The van der Waals surface area contributed by atoms with Gasteiger partial charge in [0, 0.05) is 32.9 Å². The minimum atomic E-state index is -4.30. The summed E-state index contributed by atoms with van der Waals surface area (Å²) in [6, 6.07) is 17.0. The molecule has 0 unspecified atom stereocenters.